The summed E-state index contributed by atoms with van der Waals surface area (Å²) in [4.78, 5) is 14.4. The molecule has 1 saturated heterocycles. The van der Waals surface area contributed by atoms with Crippen LogP contribution in [0, 0.1) is 0 Å². The number of carbonyl (C=O) groups is 1. The van der Waals surface area contributed by atoms with Crippen molar-refractivity contribution in [1.82, 2.24) is 10.2 Å². The summed E-state index contributed by atoms with van der Waals surface area (Å²) >= 11 is 0. The molecule has 0 bridgehead atoms. The Morgan fingerprint density at radius 3 is 2.78 bits per heavy atom. The summed E-state index contributed by atoms with van der Waals surface area (Å²) in [6.07, 6.45) is 2.56. The number of ether oxygens (including phenoxy) is 1. The van der Waals surface area contributed by atoms with Gasteiger partial charge >= 0.3 is 0 Å². The minimum absolute atomic E-state index is 0.0633. The highest BCUT2D eigenvalue weighted by molar-refractivity contribution is 5.96. The Bertz CT molecular complexity index is 401. The van der Waals surface area contributed by atoms with Crippen LogP contribution >= 0.6 is 0 Å². The molecule has 98 valence electrons. The quantitative estimate of drug-likeness (QED) is 0.859. The summed E-state index contributed by atoms with van der Waals surface area (Å²) in [5, 5.41) is 2.94. The van der Waals surface area contributed by atoms with Gasteiger partial charge in [0.2, 0.25) is 0 Å². The third-order valence-electron chi connectivity index (χ3n) is 3.26. The topological polar surface area (TPSA) is 41.6 Å². The average Bonchev–Trinajstić information content (AvgIpc) is 2.91. The fourth-order valence-corrected chi connectivity index (χ4v) is 2.26. The zero-order valence-corrected chi connectivity index (χ0v) is 10.8. The maximum absolute atomic E-state index is 12.0. The number of nitrogens with one attached hydrogen (secondary N) is 1. The first-order valence-corrected chi connectivity index (χ1v) is 6.45. The second kappa shape index (κ2) is 6.40. The van der Waals surface area contributed by atoms with Crippen LogP contribution in [0.4, 0.5) is 0 Å². The lowest BCUT2D eigenvalue weighted by Gasteiger charge is -2.15. The Hall–Kier alpha value is -1.55. The molecule has 1 heterocycles. The SMILES string of the molecule is COc1ccccc1C(=O)NCCN1CCCC1. The molecule has 0 aliphatic carbocycles. The molecular formula is C14H20N2O2. The van der Waals surface area contributed by atoms with Gasteiger partial charge in [0.05, 0.1) is 12.7 Å². The van der Waals surface area contributed by atoms with E-state index in [9.17, 15) is 4.79 Å². The van der Waals surface area contributed by atoms with Crippen molar-refractivity contribution in [3.8, 4) is 5.75 Å². The number of nitrogens with zero attached hydrogens (tertiary/aromatic N) is 1. The molecule has 0 radical (unpaired) electrons. The number of rotatable bonds is 5. The van der Waals surface area contributed by atoms with Gasteiger partial charge in [-0.25, -0.2) is 0 Å². The van der Waals surface area contributed by atoms with Gasteiger partial charge in [0.1, 0.15) is 5.75 Å². The molecule has 0 saturated carbocycles. The molecule has 18 heavy (non-hydrogen) atoms. The number of hydrogen-bond donors (Lipinski definition) is 1. The number of methoxy groups -OCH3 is 1. The van der Waals surface area contributed by atoms with Gasteiger partial charge in [-0.1, -0.05) is 12.1 Å². The highest BCUT2D eigenvalue weighted by Gasteiger charge is 2.13. The molecule has 0 atom stereocenters. The van der Waals surface area contributed by atoms with Gasteiger partial charge in [0.25, 0.3) is 5.91 Å². The lowest BCUT2D eigenvalue weighted by molar-refractivity contribution is 0.0946. The first-order valence-electron chi connectivity index (χ1n) is 6.45. The van der Waals surface area contributed by atoms with Crippen molar-refractivity contribution in [2.75, 3.05) is 33.3 Å². The summed E-state index contributed by atoms with van der Waals surface area (Å²) in [7, 11) is 1.58. The maximum Gasteiger partial charge on any atom is 0.255 e. The average molecular weight is 248 g/mol. The van der Waals surface area contributed by atoms with E-state index in [0.29, 0.717) is 17.9 Å². The van der Waals surface area contributed by atoms with E-state index in [2.05, 4.69) is 10.2 Å². The summed E-state index contributed by atoms with van der Waals surface area (Å²) < 4.78 is 5.17. The predicted molar refractivity (Wildman–Crippen MR) is 71.0 cm³/mol. The third kappa shape index (κ3) is 3.23. The van der Waals surface area contributed by atoms with Crippen LogP contribution in [0.25, 0.3) is 0 Å². The van der Waals surface area contributed by atoms with Crippen LogP contribution in [0.5, 0.6) is 5.75 Å². The van der Waals surface area contributed by atoms with Gasteiger partial charge in [-0.2, -0.15) is 0 Å². The standard InChI is InChI=1S/C14H20N2O2/c1-18-13-7-3-2-6-12(13)14(17)15-8-11-16-9-4-5-10-16/h2-3,6-7H,4-5,8-11H2,1H3,(H,15,17). The molecule has 1 aromatic carbocycles. The van der Waals surface area contributed by atoms with E-state index in [-0.39, 0.29) is 5.91 Å². The lowest BCUT2D eigenvalue weighted by atomic mass is 10.2. The van der Waals surface area contributed by atoms with Gasteiger partial charge in [-0.15, -0.1) is 0 Å². The maximum atomic E-state index is 12.0. The minimum atomic E-state index is -0.0633. The largest absolute Gasteiger partial charge is 0.496 e. The molecule has 4 heteroatoms. The number of hydrogen-bond acceptors (Lipinski definition) is 3. The fourth-order valence-electron chi connectivity index (χ4n) is 2.26. The number of benzene rings is 1. The normalized spacial score (nSPS) is 15.6. The minimum Gasteiger partial charge on any atom is -0.496 e. The molecule has 1 amide bonds. The van der Waals surface area contributed by atoms with Crippen molar-refractivity contribution < 1.29 is 9.53 Å². The Morgan fingerprint density at radius 2 is 2.06 bits per heavy atom. The van der Waals surface area contributed by atoms with Crippen LogP contribution in [0.15, 0.2) is 24.3 Å². The summed E-state index contributed by atoms with van der Waals surface area (Å²) in [6, 6.07) is 7.29. The number of amides is 1. The van der Waals surface area contributed by atoms with Gasteiger partial charge in [-0.3, -0.25) is 4.79 Å². The van der Waals surface area contributed by atoms with Crippen molar-refractivity contribution in [3.63, 3.8) is 0 Å². The second-order valence-corrected chi connectivity index (χ2v) is 4.50. The van der Waals surface area contributed by atoms with E-state index in [0.717, 1.165) is 19.6 Å². The summed E-state index contributed by atoms with van der Waals surface area (Å²) in [5.41, 5.74) is 0.599. The van der Waals surface area contributed by atoms with Crippen molar-refractivity contribution >= 4 is 5.91 Å². The van der Waals surface area contributed by atoms with Crippen LogP contribution in [-0.2, 0) is 0 Å². The van der Waals surface area contributed by atoms with E-state index < -0.39 is 0 Å². The van der Waals surface area contributed by atoms with E-state index in [1.807, 2.05) is 12.1 Å². The molecule has 0 spiro atoms. The Labute approximate surface area is 108 Å². The number of likely N-dealkylation sites (tertiary alicyclic amines) is 1. The lowest BCUT2D eigenvalue weighted by Crippen LogP contribution is -2.33. The molecule has 1 aliphatic heterocycles. The van der Waals surface area contributed by atoms with Crippen LogP contribution in [-0.4, -0.2) is 44.1 Å². The van der Waals surface area contributed by atoms with E-state index in [1.165, 1.54) is 12.8 Å². The van der Waals surface area contributed by atoms with Crippen molar-refractivity contribution in [3.05, 3.63) is 29.8 Å². The van der Waals surface area contributed by atoms with E-state index in [4.69, 9.17) is 4.74 Å². The number of carbonyl (C=O) groups excluding carboxylic acids is 1. The second-order valence-electron chi connectivity index (χ2n) is 4.50. The van der Waals surface area contributed by atoms with E-state index >= 15 is 0 Å². The molecule has 2 rings (SSSR count). The monoisotopic (exact) mass is 248 g/mol. The van der Waals surface area contributed by atoms with Crippen molar-refractivity contribution in [2.24, 2.45) is 0 Å². The molecule has 4 nitrogen and oxygen atoms in total. The molecule has 0 unspecified atom stereocenters. The van der Waals surface area contributed by atoms with Crippen LogP contribution in [0.1, 0.15) is 23.2 Å². The summed E-state index contributed by atoms with van der Waals surface area (Å²) in [5.74, 6) is 0.558. The van der Waals surface area contributed by atoms with Crippen molar-refractivity contribution in [2.45, 2.75) is 12.8 Å². The van der Waals surface area contributed by atoms with Gasteiger partial charge in [-0.05, 0) is 38.1 Å². The zero-order valence-electron chi connectivity index (χ0n) is 10.8. The van der Waals surface area contributed by atoms with Crippen LogP contribution < -0.4 is 10.1 Å². The van der Waals surface area contributed by atoms with Gasteiger partial charge in [0, 0.05) is 13.1 Å². The van der Waals surface area contributed by atoms with Crippen molar-refractivity contribution in [1.29, 1.82) is 0 Å². The third-order valence-corrected chi connectivity index (χ3v) is 3.26. The Morgan fingerprint density at radius 1 is 1.33 bits per heavy atom. The zero-order chi connectivity index (χ0) is 12.8. The molecule has 1 N–H and O–H groups in total. The molecule has 1 fully saturated rings. The molecule has 1 aliphatic rings. The van der Waals surface area contributed by atoms with Gasteiger partial charge in [0.15, 0.2) is 0 Å². The highest BCUT2D eigenvalue weighted by atomic mass is 16.5. The Balaban J connectivity index is 1.83. The number of para-hydroxylation sites is 1. The molecule has 0 aromatic heterocycles. The van der Waals surface area contributed by atoms with Crippen LogP contribution in [0.2, 0.25) is 0 Å². The molecular weight excluding hydrogens is 228 g/mol. The van der Waals surface area contributed by atoms with E-state index in [1.54, 1.807) is 19.2 Å². The first kappa shape index (κ1) is 12.9. The molecule has 1 aromatic rings. The van der Waals surface area contributed by atoms with Gasteiger partial charge < -0.3 is 15.0 Å². The first-order chi connectivity index (χ1) is 8.81. The fraction of sp³-hybridized carbons (Fsp3) is 0.500. The van der Waals surface area contributed by atoms with Crippen LogP contribution in [0.3, 0.4) is 0 Å². The highest BCUT2D eigenvalue weighted by Crippen LogP contribution is 2.16. The smallest absolute Gasteiger partial charge is 0.255 e. The summed E-state index contributed by atoms with van der Waals surface area (Å²) in [6.45, 7) is 3.94. The Kier molecular flexibility index (Phi) is 4.59. The predicted octanol–water partition coefficient (Wildman–Crippen LogP) is 1.52.